The summed E-state index contributed by atoms with van der Waals surface area (Å²) in [4.78, 5) is 29.7. The summed E-state index contributed by atoms with van der Waals surface area (Å²) >= 11 is 12.0. The van der Waals surface area contributed by atoms with Crippen molar-refractivity contribution in [2.75, 3.05) is 25.0 Å². The minimum absolute atomic E-state index is 0.0288. The second-order valence-corrected chi connectivity index (χ2v) is 9.11. The lowest BCUT2D eigenvalue weighted by Crippen LogP contribution is -2.46. The van der Waals surface area contributed by atoms with E-state index in [4.69, 9.17) is 23.2 Å². The SMILES string of the molecule is O=C(Nc1ccc(Cl)c(Cl)c1)C1CCCCN1Cc1ccc(C(=O)N2CCCC2)cc1. The number of nitrogens with one attached hydrogen (secondary N) is 1. The first-order valence-electron chi connectivity index (χ1n) is 10.9. The first-order valence-corrected chi connectivity index (χ1v) is 11.6. The van der Waals surface area contributed by atoms with Gasteiger partial charge in [0.1, 0.15) is 0 Å². The number of hydrogen-bond acceptors (Lipinski definition) is 3. The summed E-state index contributed by atoms with van der Waals surface area (Å²) < 4.78 is 0. The molecular formula is C24H27Cl2N3O2. The molecule has 2 aromatic rings. The van der Waals surface area contributed by atoms with Crippen LogP contribution in [0.4, 0.5) is 5.69 Å². The molecule has 0 saturated carbocycles. The number of benzene rings is 2. The second kappa shape index (κ2) is 10.0. The standard InChI is InChI=1S/C24H27Cl2N3O2/c25-20-11-10-19(15-21(20)26)27-23(30)22-5-1-2-14-29(22)16-17-6-8-18(9-7-17)24(31)28-12-3-4-13-28/h6-11,15,22H,1-5,12-14,16H2,(H,27,30). The Labute approximate surface area is 193 Å². The molecule has 1 unspecified atom stereocenters. The zero-order valence-corrected chi connectivity index (χ0v) is 19.0. The van der Waals surface area contributed by atoms with Crippen molar-refractivity contribution in [1.82, 2.24) is 9.80 Å². The number of anilines is 1. The Kier molecular flexibility index (Phi) is 7.16. The number of likely N-dealkylation sites (tertiary alicyclic amines) is 2. The molecule has 2 heterocycles. The van der Waals surface area contributed by atoms with Gasteiger partial charge in [0.15, 0.2) is 0 Å². The van der Waals surface area contributed by atoms with Gasteiger partial charge in [0.05, 0.1) is 16.1 Å². The maximum absolute atomic E-state index is 13.0. The highest BCUT2D eigenvalue weighted by Crippen LogP contribution is 2.26. The summed E-state index contributed by atoms with van der Waals surface area (Å²) in [6.45, 7) is 3.25. The van der Waals surface area contributed by atoms with Gasteiger partial charge in [-0.2, -0.15) is 0 Å². The topological polar surface area (TPSA) is 52.7 Å². The molecule has 0 radical (unpaired) electrons. The normalized spacial score (nSPS) is 19.4. The van der Waals surface area contributed by atoms with E-state index in [9.17, 15) is 9.59 Å². The maximum atomic E-state index is 13.0. The van der Waals surface area contributed by atoms with Crippen LogP contribution < -0.4 is 5.32 Å². The first-order chi connectivity index (χ1) is 15.0. The maximum Gasteiger partial charge on any atom is 0.253 e. The summed E-state index contributed by atoms with van der Waals surface area (Å²) in [6.07, 6.45) is 5.09. The van der Waals surface area contributed by atoms with Crippen LogP contribution in [0.25, 0.3) is 0 Å². The Hall–Kier alpha value is -2.08. The molecule has 2 saturated heterocycles. The molecule has 31 heavy (non-hydrogen) atoms. The van der Waals surface area contributed by atoms with Crippen LogP contribution in [0.1, 0.15) is 48.0 Å². The van der Waals surface area contributed by atoms with Crippen LogP contribution in [0.3, 0.4) is 0 Å². The largest absolute Gasteiger partial charge is 0.339 e. The Morgan fingerprint density at radius 1 is 0.903 bits per heavy atom. The average Bonchev–Trinajstić information content (AvgIpc) is 3.32. The lowest BCUT2D eigenvalue weighted by atomic mass is 10.00. The van der Waals surface area contributed by atoms with Crippen LogP contribution in [-0.2, 0) is 11.3 Å². The predicted octanol–water partition coefficient (Wildman–Crippen LogP) is 5.22. The quantitative estimate of drug-likeness (QED) is 0.666. The highest BCUT2D eigenvalue weighted by atomic mass is 35.5. The van der Waals surface area contributed by atoms with Crippen molar-refractivity contribution in [3.05, 3.63) is 63.6 Å². The zero-order chi connectivity index (χ0) is 21.8. The van der Waals surface area contributed by atoms with Gasteiger partial charge in [-0.3, -0.25) is 14.5 Å². The van der Waals surface area contributed by atoms with Crippen LogP contribution >= 0.6 is 23.2 Å². The first kappa shape index (κ1) is 22.1. The van der Waals surface area contributed by atoms with E-state index in [0.29, 0.717) is 22.3 Å². The molecule has 0 aliphatic carbocycles. The van der Waals surface area contributed by atoms with Gasteiger partial charge in [-0.05, 0) is 68.1 Å². The summed E-state index contributed by atoms with van der Waals surface area (Å²) in [5, 5.41) is 3.86. The molecular weight excluding hydrogens is 433 g/mol. The van der Waals surface area contributed by atoms with Gasteiger partial charge in [-0.1, -0.05) is 41.8 Å². The minimum atomic E-state index is -0.200. The summed E-state index contributed by atoms with van der Waals surface area (Å²) in [5.74, 6) is 0.0832. The highest BCUT2D eigenvalue weighted by Gasteiger charge is 2.29. The van der Waals surface area contributed by atoms with Crippen molar-refractivity contribution >= 4 is 40.7 Å². The fraction of sp³-hybridized carbons (Fsp3) is 0.417. The van der Waals surface area contributed by atoms with Gasteiger partial charge < -0.3 is 10.2 Å². The molecule has 2 aromatic carbocycles. The van der Waals surface area contributed by atoms with E-state index in [2.05, 4.69) is 10.2 Å². The van der Waals surface area contributed by atoms with Gasteiger partial charge in [0.25, 0.3) is 5.91 Å². The Balaban J connectivity index is 1.40. The lowest BCUT2D eigenvalue weighted by Gasteiger charge is -2.34. The number of halogens is 2. The van der Waals surface area contributed by atoms with E-state index in [0.717, 1.165) is 62.9 Å². The molecule has 0 spiro atoms. The minimum Gasteiger partial charge on any atom is -0.339 e. The van der Waals surface area contributed by atoms with E-state index in [1.807, 2.05) is 29.2 Å². The van der Waals surface area contributed by atoms with Gasteiger partial charge in [0, 0.05) is 30.9 Å². The van der Waals surface area contributed by atoms with Gasteiger partial charge in [-0.15, -0.1) is 0 Å². The number of hydrogen-bond donors (Lipinski definition) is 1. The van der Waals surface area contributed by atoms with Crippen molar-refractivity contribution in [2.45, 2.75) is 44.7 Å². The molecule has 1 N–H and O–H groups in total. The molecule has 0 bridgehead atoms. The third-order valence-corrected chi connectivity index (χ3v) is 6.82. The number of nitrogens with zero attached hydrogens (tertiary/aromatic N) is 2. The van der Waals surface area contributed by atoms with Crippen LogP contribution in [0.15, 0.2) is 42.5 Å². The summed E-state index contributed by atoms with van der Waals surface area (Å²) in [6, 6.07) is 12.7. The van der Waals surface area contributed by atoms with Gasteiger partial charge in [-0.25, -0.2) is 0 Å². The molecule has 1 atom stereocenters. The smallest absolute Gasteiger partial charge is 0.253 e. The average molecular weight is 460 g/mol. The van der Waals surface area contributed by atoms with Crippen molar-refractivity contribution in [3.63, 3.8) is 0 Å². The Morgan fingerprint density at radius 2 is 1.61 bits per heavy atom. The third kappa shape index (κ3) is 5.40. The molecule has 4 rings (SSSR count). The predicted molar refractivity (Wildman–Crippen MR) is 125 cm³/mol. The van der Waals surface area contributed by atoms with Crippen LogP contribution in [0.5, 0.6) is 0 Å². The number of carbonyl (C=O) groups is 2. The van der Waals surface area contributed by atoms with Crippen LogP contribution in [0, 0.1) is 0 Å². The van der Waals surface area contributed by atoms with Crippen LogP contribution in [-0.4, -0.2) is 47.3 Å². The second-order valence-electron chi connectivity index (χ2n) is 8.30. The van der Waals surface area contributed by atoms with E-state index >= 15 is 0 Å². The fourth-order valence-corrected chi connectivity index (χ4v) is 4.66. The van der Waals surface area contributed by atoms with E-state index in [1.165, 1.54) is 0 Å². The number of piperidine rings is 1. The highest BCUT2D eigenvalue weighted by molar-refractivity contribution is 6.42. The zero-order valence-electron chi connectivity index (χ0n) is 17.4. The monoisotopic (exact) mass is 459 g/mol. The number of rotatable bonds is 5. The Bertz CT molecular complexity index is 942. The molecule has 2 aliphatic heterocycles. The third-order valence-electron chi connectivity index (χ3n) is 6.08. The van der Waals surface area contributed by atoms with Crippen molar-refractivity contribution in [2.24, 2.45) is 0 Å². The van der Waals surface area contributed by atoms with E-state index < -0.39 is 0 Å². The summed E-state index contributed by atoms with van der Waals surface area (Å²) in [5.41, 5.74) is 2.49. The van der Waals surface area contributed by atoms with Crippen molar-refractivity contribution in [1.29, 1.82) is 0 Å². The van der Waals surface area contributed by atoms with E-state index in [-0.39, 0.29) is 17.9 Å². The van der Waals surface area contributed by atoms with E-state index in [1.54, 1.807) is 18.2 Å². The molecule has 0 aromatic heterocycles. The van der Waals surface area contributed by atoms with Crippen LogP contribution in [0.2, 0.25) is 10.0 Å². The molecule has 7 heteroatoms. The summed E-state index contributed by atoms with van der Waals surface area (Å²) in [7, 11) is 0. The molecule has 2 amide bonds. The lowest BCUT2D eigenvalue weighted by molar-refractivity contribution is -0.122. The van der Waals surface area contributed by atoms with Crippen molar-refractivity contribution < 1.29 is 9.59 Å². The number of amides is 2. The molecule has 5 nitrogen and oxygen atoms in total. The van der Waals surface area contributed by atoms with Gasteiger partial charge >= 0.3 is 0 Å². The molecule has 2 aliphatic rings. The molecule has 2 fully saturated rings. The Morgan fingerprint density at radius 3 is 2.32 bits per heavy atom. The number of carbonyl (C=O) groups excluding carboxylic acids is 2. The van der Waals surface area contributed by atoms with Crippen molar-refractivity contribution in [3.8, 4) is 0 Å². The molecule has 164 valence electrons. The van der Waals surface area contributed by atoms with Gasteiger partial charge in [0.2, 0.25) is 5.91 Å². The fourth-order valence-electron chi connectivity index (χ4n) is 4.37.